The zero-order chi connectivity index (χ0) is 14.0. The van der Waals surface area contributed by atoms with E-state index < -0.39 is 0 Å². The van der Waals surface area contributed by atoms with Crippen LogP contribution >= 0.6 is 11.6 Å². The number of hydrogen-bond donors (Lipinski definition) is 1. The lowest BCUT2D eigenvalue weighted by atomic mass is 9.80. The Labute approximate surface area is 121 Å². The van der Waals surface area contributed by atoms with Gasteiger partial charge in [-0.15, -0.1) is 0 Å². The lowest BCUT2D eigenvalue weighted by Crippen LogP contribution is -2.28. The Morgan fingerprint density at radius 1 is 1.26 bits per heavy atom. The van der Waals surface area contributed by atoms with E-state index in [9.17, 15) is 0 Å². The van der Waals surface area contributed by atoms with Crippen LogP contribution in [0.5, 0.6) is 5.75 Å². The van der Waals surface area contributed by atoms with Gasteiger partial charge in [-0.2, -0.15) is 0 Å². The second kappa shape index (κ2) is 6.15. The first-order chi connectivity index (χ1) is 8.97. The molecule has 1 aliphatic carbocycles. The van der Waals surface area contributed by atoms with Crippen LogP contribution in [0, 0.1) is 11.8 Å². The molecule has 0 heterocycles. The van der Waals surface area contributed by atoms with Crippen molar-refractivity contribution in [2.45, 2.75) is 52.2 Å². The standard InChI is InChI=1S/C16H24ClNO/c1-10-4-6-14(8-11(10)2)19-16-7-5-13(12(3)18)9-15(16)17/h5,7,9-12,14H,4,6,8,18H2,1-3H3/t10?,11?,12-,14?/m1/s1. The monoisotopic (exact) mass is 281 g/mol. The molecule has 3 unspecified atom stereocenters. The van der Waals surface area contributed by atoms with Crippen molar-refractivity contribution < 1.29 is 4.74 Å². The van der Waals surface area contributed by atoms with E-state index in [1.54, 1.807) is 0 Å². The lowest BCUT2D eigenvalue weighted by molar-refractivity contribution is 0.101. The summed E-state index contributed by atoms with van der Waals surface area (Å²) in [4.78, 5) is 0. The maximum Gasteiger partial charge on any atom is 0.138 e. The number of rotatable bonds is 3. The molecule has 0 radical (unpaired) electrons. The summed E-state index contributed by atoms with van der Waals surface area (Å²) in [5.41, 5.74) is 6.90. The molecule has 106 valence electrons. The largest absolute Gasteiger partial charge is 0.489 e. The van der Waals surface area contributed by atoms with Gasteiger partial charge in [-0.25, -0.2) is 0 Å². The molecule has 1 aromatic rings. The maximum atomic E-state index is 6.28. The van der Waals surface area contributed by atoms with Crippen molar-refractivity contribution in [2.75, 3.05) is 0 Å². The molecule has 0 aromatic heterocycles. The first-order valence-electron chi connectivity index (χ1n) is 7.19. The van der Waals surface area contributed by atoms with Gasteiger partial charge in [-0.1, -0.05) is 31.5 Å². The number of nitrogens with two attached hydrogens (primary N) is 1. The summed E-state index contributed by atoms with van der Waals surface area (Å²) < 4.78 is 6.07. The van der Waals surface area contributed by atoms with Gasteiger partial charge in [-0.05, 0) is 55.7 Å². The minimum absolute atomic E-state index is 0.00195. The van der Waals surface area contributed by atoms with Crippen LogP contribution in [0.25, 0.3) is 0 Å². The lowest BCUT2D eigenvalue weighted by Gasteiger charge is -2.32. The molecule has 1 saturated carbocycles. The zero-order valence-electron chi connectivity index (χ0n) is 12.0. The van der Waals surface area contributed by atoms with Crippen molar-refractivity contribution in [1.29, 1.82) is 0 Å². The van der Waals surface area contributed by atoms with Crippen molar-refractivity contribution in [3.05, 3.63) is 28.8 Å². The van der Waals surface area contributed by atoms with E-state index in [4.69, 9.17) is 22.1 Å². The summed E-state index contributed by atoms with van der Waals surface area (Å²) in [5, 5.41) is 0.668. The number of hydrogen-bond acceptors (Lipinski definition) is 2. The molecule has 2 nitrogen and oxygen atoms in total. The summed E-state index contributed by atoms with van der Waals surface area (Å²) in [6, 6.07) is 5.86. The SMILES string of the molecule is CC1CCC(Oc2ccc([C@@H](C)N)cc2Cl)CC1C. The Morgan fingerprint density at radius 3 is 2.58 bits per heavy atom. The molecule has 19 heavy (non-hydrogen) atoms. The van der Waals surface area contributed by atoms with Gasteiger partial charge in [0.25, 0.3) is 0 Å². The van der Waals surface area contributed by atoms with Crippen molar-refractivity contribution >= 4 is 11.6 Å². The summed E-state index contributed by atoms with van der Waals surface area (Å²) in [6.45, 7) is 6.59. The fourth-order valence-electron chi connectivity index (χ4n) is 2.68. The molecular formula is C16H24ClNO. The molecule has 2 rings (SSSR count). The van der Waals surface area contributed by atoms with E-state index in [0.29, 0.717) is 11.1 Å². The first kappa shape index (κ1) is 14.7. The molecule has 4 atom stereocenters. The van der Waals surface area contributed by atoms with Gasteiger partial charge in [0.15, 0.2) is 0 Å². The third-order valence-electron chi connectivity index (χ3n) is 4.33. The number of benzene rings is 1. The molecule has 0 aliphatic heterocycles. The van der Waals surface area contributed by atoms with Crippen LogP contribution in [0.4, 0.5) is 0 Å². The average molecular weight is 282 g/mol. The minimum atomic E-state index is 0.00195. The van der Waals surface area contributed by atoms with Crippen molar-refractivity contribution in [1.82, 2.24) is 0 Å². The molecule has 1 aliphatic rings. The zero-order valence-corrected chi connectivity index (χ0v) is 12.8. The van der Waals surface area contributed by atoms with Crippen LogP contribution in [-0.4, -0.2) is 6.10 Å². The number of halogens is 1. The highest BCUT2D eigenvalue weighted by atomic mass is 35.5. The van der Waals surface area contributed by atoms with Gasteiger partial charge in [-0.3, -0.25) is 0 Å². The van der Waals surface area contributed by atoms with Gasteiger partial charge >= 0.3 is 0 Å². The maximum absolute atomic E-state index is 6.28. The predicted octanol–water partition coefficient (Wildman–Crippen LogP) is 4.56. The third-order valence-corrected chi connectivity index (χ3v) is 4.62. The van der Waals surface area contributed by atoms with Crippen LogP contribution < -0.4 is 10.5 Å². The fraction of sp³-hybridized carbons (Fsp3) is 0.625. The summed E-state index contributed by atoms with van der Waals surface area (Å²) in [6.07, 6.45) is 3.77. The smallest absolute Gasteiger partial charge is 0.138 e. The summed E-state index contributed by atoms with van der Waals surface area (Å²) >= 11 is 6.28. The van der Waals surface area contributed by atoms with Gasteiger partial charge in [0.1, 0.15) is 5.75 Å². The first-order valence-corrected chi connectivity index (χ1v) is 7.57. The van der Waals surface area contributed by atoms with Gasteiger partial charge in [0.05, 0.1) is 11.1 Å². The van der Waals surface area contributed by atoms with Gasteiger partial charge < -0.3 is 10.5 Å². The Kier molecular flexibility index (Phi) is 4.75. The second-order valence-corrected chi connectivity index (χ2v) is 6.39. The fourth-order valence-corrected chi connectivity index (χ4v) is 2.91. The highest BCUT2D eigenvalue weighted by Crippen LogP contribution is 2.34. The van der Waals surface area contributed by atoms with E-state index in [2.05, 4.69) is 13.8 Å². The van der Waals surface area contributed by atoms with Crippen LogP contribution in [-0.2, 0) is 0 Å². The van der Waals surface area contributed by atoms with E-state index in [1.165, 1.54) is 6.42 Å². The summed E-state index contributed by atoms with van der Waals surface area (Å²) in [5.74, 6) is 2.31. The van der Waals surface area contributed by atoms with E-state index in [-0.39, 0.29) is 6.04 Å². The Balaban J connectivity index is 2.03. The van der Waals surface area contributed by atoms with E-state index in [1.807, 2.05) is 25.1 Å². The minimum Gasteiger partial charge on any atom is -0.489 e. The summed E-state index contributed by atoms with van der Waals surface area (Å²) in [7, 11) is 0. The third kappa shape index (κ3) is 3.64. The topological polar surface area (TPSA) is 35.2 Å². The van der Waals surface area contributed by atoms with E-state index in [0.717, 1.165) is 36.0 Å². The van der Waals surface area contributed by atoms with Gasteiger partial charge in [0, 0.05) is 6.04 Å². The molecule has 0 amide bonds. The Hall–Kier alpha value is -0.730. The predicted molar refractivity (Wildman–Crippen MR) is 80.6 cm³/mol. The van der Waals surface area contributed by atoms with Crippen molar-refractivity contribution in [2.24, 2.45) is 17.6 Å². The second-order valence-electron chi connectivity index (χ2n) is 5.99. The normalized spacial score (nSPS) is 29.0. The average Bonchev–Trinajstić information content (AvgIpc) is 2.36. The highest BCUT2D eigenvalue weighted by Gasteiger charge is 2.26. The molecule has 0 saturated heterocycles. The van der Waals surface area contributed by atoms with Crippen molar-refractivity contribution in [3.63, 3.8) is 0 Å². The van der Waals surface area contributed by atoms with Crippen LogP contribution in [0.3, 0.4) is 0 Å². The Morgan fingerprint density at radius 2 is 2.00 bits per heavy atom. The quantitative estimate of drug-likeness (QED) is 0.881. The van der Waals surface area contributed by atoms with Crippen LogP contribution in [0.15, 0.2) is 18.2 Å². The molecule has 3 heteroatoms. The molecule has 1 aromatic carbocycles. The molecule has 0 bridgehead atoms. The molecule has 0 spiro atoms. The van der Waals surface area contributed by atoms with E-state index >= 15 is 0 Å². The Bertz CT molecular complexity index is 433. The highest BCUT2D eigenvalue weighted by molar-refractivity contribution is 6.32. The number of ether oxygens (including phenoxy) is 1. The van der Waals surface area contributed by atoms with Crippen LogP contribution in [0.2, 0.25) is 5.02 Å². The molecular weight excluding hydrogens is 258 g/mol. The van der Waals surface area contributed by atoms with Crippen molar-refractivity contribution in [3.8, 4) is 5.75 Å². The molecule has 2 N–H and O–H groups in total. The molecule has 1 fully saturated rings. The van der Waals surface area contributed by atoms with Gasteiger partial charge in [0.2, 0.25) is 0 Å². The van der Waals surface area contributed by atoms with Crippen LogP contribution in [0.1, 0.15) is 51.6 Å².